The molecule has 0 N–H and O–H groups in total. The zero-order valence-corrected chi connectivity index (χ0v) is 10.4. The van der Waals surface area contributed by atoms with Gasteiger partial charge in [0.05, 0.1) is 17.5 Å². The number of hydrogen-bond acceptors (Lipinski definition) is 1. The number of hydrogen-bond donors (Lipinski definition) is 0. The van der Waals surface area contributed by atoms with E-state index >= 15 is 0 Å². The molecule has 1 aromatic carbocycles. The van der Waals surface area contributed by atoms with Gasteiger partial charge in [0.1, 0.15) is 0 Å². The van der Waals surface area contributed by atoms with Gasteiger partial charge >= 0.3 is 12.2 Å². The SMILES string of the molecule is CC(C)N1C(=O)[N]C=C1c1ccccc1C(F)(F)F. The molecule has 0 saturated carbocycles. The summed E-state index contributed by atoms with van der Waals surface area (Å²) in [4.78, 5) is 12.8. The molecule has 2 rings (SSSR count). The normalized spacial score (nSPS) is 15.8. The lowest BCUT2D eigenvalue weighted by atomic mass is 10.0. The fourth-order valence-corrected chi connectivity index (χ4v) is 2.00. The Labute approximate surface area is 108 Å². The van der Waals surface area contributed by atoms with Crippen molar-refractivity contribution in [2.75, 3.05) is 0 Å². The highest BCUT2D eigenvalue weighted by Gasteiger charge is 2.37. The summed E-state index contributed by atoms with van der Waals surface area (Å²) >= 11 is 0. The minimum Gasteiger partial charge on any atom is -0.288 e. The molecule has 0 bridgehead atoms. The average molecular weight is 269 g/mol. The summed E-state index contributed by atoms with van der Waals surface area (Å²) in [6.07, 6.45) is -3.28. The number of halogens is 3. The van der Waals surface area contributed by atoms with Crippen LogP contribution in [0.5, 0.6) is 0 Å². The van der Waals surface area contributed by atoms with Crippen LogP contribution in [0.2, 0.25) is 0 Å². The summed E-state index contributed by atoms with van der Waals surface area (Å²) in [5.74, 6) is 0. The zero-order valence-electron chi connectivity index (χ0n) is 10.4. The van der Waals surface area contributed by atoms with Crippen molar-refractivity contribution in [3.8, 4) is 0 Å². The number of urea groups is 1. The highest BCUT2D eigenvalue weighted by Crippen LogP contribution is 2.37. The van der Waals surface area contributed by atoms with Crippen LogP contribution in [-0.2, 0) is 6.18 Å². The third kappa shape index (κ3) is 2.43. The van der Waals surface area contributed by atoms with Crippen LogP contribution in [0, 0.1) is 0 Å². The van der Waals surface area contributed by atoms with Crippen LogP contribution in [0.3, 0.4) is 0 Å². The first kappa shape index (κ1) is 13.5. The predicted octanol–water partition coefficient (Wildman–Crippen LogP) is 3.45. The van der Waals surface area contributed by atoms with Crippen molar-refractivity contribution in [2.24, 2.45) is 0 Å². The number of carbonyl (C=O) groups excluding carboxylic acids is 1. The summed E-state index contributed by atoms with van der Waals surface area (Å²) < 4.78 is 38.9. The molecule has 1 radical (unpaired) electrons. The fourth-order valence-electron chi connectivity index (χ4n) is 2.00. The van der Waals surface area contributed by atoms with Crippen molar-refractivity contribution in [1.29, 1.82) is 0 Å². The van der Waals surface area contributed by atoms with Crippen LogP contribution in [0.15, 0.2) is 30.5 Å². The highest BCUT2D eigenvalue weighted by molar-refractivity contribution is 5.92. The average Bonchev–Trinajstić information content (AvgIpc) is 2.70. The van der Waals surface area contributed by atoms with Gasteiger partial charge in [0.2, 0.25) is 0 Å². The van der Waals surface area contributed by atoms with E-state index in [9.17, 15) is 18.0 Å². The first-order chi connectivity index (χ1) is 8.82. The van der Waals surface area contributed by atoms with Crippen LogP contribution < -0.4 is 5.32 Å². The molecule has 6 heteroatoms. The van der Waals surface area contributed by atoms with Crippen LogP contribution >= 0.6 is 0 Å². The maximum atomic E-state index is 13.0. The standard InChI is InChI=1S/C13H12F3N2O/c1-8(2)18-11(7-17-12(18)19)9-5-3-4-6-10(9)13(14,15)16/h3-8H,1-2H3. The molecule has 0 fully saturated rings. The Morgan fingerprint density at radius 1 is 1.21 bits per heavy atom. The molecule has 2 amide bonds. The summed E-state index contributed by atoms with van der Waals surface area (Å²) in [5.41, 5.74) is -0.608. The number of rotatable bonds is 2. The Bertz CT molecular complexity index is 535. The zero-order chi connectivity index (χ0) is 14.2. The molecule has 0 aliphatic carbocycles. The maximum absolute atomic E-state index is 13.0. The minimum atomic E-state index is -4.47. The minimum absolute atomic E-state index is 0.0294. The van der Waals surface area contributed by atoms with E-state index < -0.39 is 17.8 Å². The molecular weight excluding hydrogens is 257 g/mol. The summed E-state index contributed by atoms with van der Waals surface area (Å²) in [7, 11) is 0. The predicted molar refractivity (Wildman–Crippen MR) is 63.9 cm³/mol. The van der Waals surface area contributed by atoms with Crippen LogP contribution in [0.4, 0.5) is 18.0 Å². The third-order valence-electron chi connectivity index (χ3n) is 2.79. The van der Waals surface area contributed by atoms with Gasteiger partial charge in [-0.25, -0.2) is 4.79 Å². The monoisotopic (exact) mass is 269 g/mol. The highest BCUT2D eigenvalue weighted by atomic mass is 19.4. The van der Waals surface area contributed by atoms with Gasteiger partial charge in [-0.15, -0.1) is 0 Å². The molecule has 1 heterocycles. The van der Waals surface area contributed by atoms with Crippen molar-refractivity contribution in [2.45, 2.75) is 26.1 Å². The van der Waals surface area contributed by atoms with Crippen molar-refractivity contribution < 1.29 is 18.0 Å². The van der Waals surface area contributed by atoms with E-state index in [1.807, 2.05) is 0 Å². The number of nitrogens with zero attached hydrogens (tertiary/aromatic N) is 2. The van der Waals surface area contributed by atoms with Crippen molar-refractivity contribution in [3.63, 3.8) is 0 Å². The van der Waals surface area contributed by atoms with Crippen molar-refractivity contribution >= 4 is 11.7 Å². The lowest BCUT2D eigenvalue weighted by Crippen LogP contribution is -2.33. The molecule has 0 atom stereocenters. The van der Waals surface area contributed by atoms with Gasteiger partial charge in [-0.2, -0.15) is 18.5 Å². The van der Waals surface area contributed by atoms with Crippen LogP contribution in [-0.4, -0.2) is 17.0 Å². The fraction of sp³-hybridized carbons (Fsp3) is 0.308. The van der Waals surface area contributed by atoms with Crippen LogP contribution in [0.25, 0.3) is 5.70 Å². The van der Waals surface area contributed by atoms with Crippen molar-refractivity contribution in [1.82, 2.24) is 10.2 Å². The number of alkyl halides is 3. The second-order valence-electron chi connectivity index (χ2n) is 4.43. The topological polar surface area (TPSA) is 34.4 Å². The van der Waals surface area contributed by atoms with Gasteiger partial charge in [-0.3, -0.25) is 4.90 Å². The van der Waals surface area contributed by atoms with E-state index in [-0.39, 0.29) is 17.3 Å². The van der Waals surface area contributed by atoms with E-state index in [4.69, 9.17) is 0 Å². The Balaban J connectivity index is 2.51. The quantitative estimate of drug-likeness (QED) is 0.809. The first-order valence-corrected chi connectivity index (χ1v) is 5.73. The Morgan fingerprint density at radius 2 is 1.84 bits per heavy atom. The van der Waals surface area contributed by atoms with Gasteiger partial charge in [-0.1, -0.05) is 18.2 Å². The largest absolute Gasteiger partial charge is 0.417 e. The van der Waals surface area contributed by atoms with Gasteiger partial charge in [-0.05, 0) is 19.9 Å². The van der Waals surface area contributed by atoms with E-state index in [1.165, 1.54) is 29.3 Å². The molecule has 1 aliphatic rings. The van der Waals surface area contributed by atoms with Crippen molar-refractivity contribution in [3.05, 3.63) is 41.6 Å². The molecule has 1 aromatic rings. The van der Waals surface area contributed by atoms with Gasteiger partial charge in [0, 0.05) is 11.6 Å². The Morgan fingerprint density at radius 3 is 2.42 bits per heavy atom. The van der Waals surface area contributed by atoms with E-state index in [2.05, 4.69) is 5.32 Å². The Kier molecular flexibility index (Phi) is 3.26. The molecule has 0 unspecified atom stereocenters. The maximum Gasteiger partial charge on any atom is 0.417 e. The van der Waals surface area contributed by atoms with E-state index in [1.54, 1.807) is 13.8 Å². The molecule has 0 aromatic heterocycles. The summed E-state index contributed by atoms with van der Waals surface area (Å²) in [5, 5.41) is 3.58. The lowest BCUT2D eigenvalue weighted by Gasteiger charge is -2.24. The summed E-state index contributed by atoms with van der Waals surface area (Å²) in [6, 6.07) is 4.37. The molecule has 0 saturated heterocycles. The second kappa shape index (κ2) is 4.60. The van der Waals surface area contributed by atoms with Gasteiger partial charge in [0.15, 0.2) is 0 Å². The molecule has 3 nitrogen and oxygen atoms in total. The number of amides is 2. The first-order valence-electron chi connectivity index (χ1n) is 5.73. The molecule has 101 valence electrons. The summed E-state index contributed by atoms with van der Waals surface area (Å²) in [6.45, 7) is 3.45. The number of benzene rings is 1. The van der Waals surface area contributed by atoms with Crippen LogP contribution in [0.1, 0.15) is 25.0 Å². The lowest BCUT2D eigenvalue weighted by molar-refractivity contribution is -0.137. The smallest absolute Gasteiger partial charge is 0.288 e. The molecular formula is C13H12F3N2O. The van der Waals surface area contributed by atoms with E-state index in [0.717, 1.165) is 6.07 Å². The van der Waals surface area contributed by atoms with Gasteiger partial charge in [0.25, 0.3) is 0 Å². The number of carbonyl (C=O) groups is 1. The molecule has 0 spiro atoms. The third-order valence-corrected chi connectivity index (χ3v) is 2.79. The molecule has 1 aliphatic heterocycles. The van der Waals surface area contributed by atoms with Gasteiger partial charge < -0.3 is 0 Å². The second-order valence-corrected chi connectivity index (χ2v) is 4.43. The Hall–Kier alpha value is -1.98. The molecule has 19 heavy (non-hydrogen) atoms. The van der Waals surface area contributed by atoms with E-state index in [0.29, 0.717) is 0 Å².